The second-order valence-corrected chi connectivity index (χ2v) is 5.79. The quantitative estimate of drug-likeness (QED) is 0.399. The fourth-order valence-corrected chi connectivity index (χ4v) is 1.86. The van der Waals surface area contributed by atoms with E-state index in [0.717, 1.165) is 11.3 Å². The summed E-state index contributed by atoms with van der Waals surface area (Å²) in [6.45, 7) is 5.95. The summed E-state index contributed by atoms with van der Waals surface area (Å²) < 4.78 is 10.6. The molecule has 0 spiro atoms. The van der Waals surface area contributed by atoms with E-state index in [-0.39, 0.29) is 18.0 Å². The van der Waals surface area contributed by atoms with Gasteiger partial charge < -0.3 is 9.47 Å². The molecule has 0 aliphatic rings. The summed E-state index contributed by atoms with van der Waals surface area (Å²) in [5, 5.41) is 0. The molecule has 0 saturated heterocycles. The molecule has 0 N–H and O–H groups in total. The number of hydrogen-bond acceptors (Lipinski definition) is 4. The van der Waals surface area contributed by atoms with Crippen LogP contribution in [0.2, 0.25) is 0 Å². The van der Waals surface area contributed by atoms with Gasteiger partial charge in [-0.15, -0.1) is 0 Å². The molecule has 120 valence electrons. The van der Waals surface area contributed by atoms with E-state index in [1.807, 2.05) is 30.3 Å². The number of benzene rings is 1. The SMILES string of the molecule is COc1ccc(COC/C=C/C(C)(C)C(=O)CC(C)=O)cc1. The summed E-state index contributed by atoms with van der Waals surface area (Å²) in [5.41, 5.74) is 0.413. The van der Waals surface area contributed by atoms with E-state index in [2.05, 4.69) is 0 Å². The molecule has 0 amide bonds. The molecule has 0 aromatic heterocycles. The number of carbonyl (C=O) groups excluding carboxylic acids is 2. The number of hydrogen-bond donors (Lipinski definition) is 0. The van der Waals surface area contributed by atoms with E-state index in [0.29, 0.717) is 13.2 Å². The van der Waals surface area contributed by atoms with E-state index in [1.165, 1.54) is 6.92 Å². The van der Waals surface area contributed by atoms with Crippen molar-refractivity contribution in [2.24, 2.45) is 5.41 Å². The van der Waals surface area contributed by atoms with Gasteiger partial charge in [-0.05, 0) is 38.5 Å². The smallest absolute Gasteiger partial charge is 0.149 e. The van der Waals surface area contributed by atoms with Crippen molar-refractivity contribution in [3.63, 3.8) is 0 Å². The molecule has 0 saturated carbocycles. The van der Waals surface area contributed by atoms with Crippen LogP contribution in [0.1, 0.15) is 32.8 Å². The van der Waals surface area contributed by atoms with Crippen LogP contribution in [0, 0.1) is 5.41 Å². The fourth-order valence-electron chi connectivity index (χ4n) is 1.86. The molecule has 0 fully saturated rings. The minimum absolute atomic E-state index is 0.0238. The first-order chi connectivity index (χ1) is 10.3. The molecule has 0 atom stereocenters. The molecule has 0 aliphatic heterocycles. The Labute approximate surface area is 132 Å². The first-order valence-electron chi connectivity index (χ1n) is 7.26. The van der Waals surface area contributed by atoms with Crippen molar-refractivity contribution in [2.45, 2.75) is 33.8 Å². The Balaban J connectivity index is 2.38. The molecule has 0 radical (unpaired) electrons. The average molecular weight is 304 g/mol. The first-order valence-corrected chi connectivity index (χ1v) is 7.26. The molecule has 0 unspecified atom stereocenters. The predicted molar refractivity (Wildman–Crippen MR) is 85.9 cm³/mol. The Kier molecular flexibility index (Phi) is 6.99. The molecule has 1 aromatic carbocycles. The third kappa shape index (κ3) is 6.22. The maximum Gasteiger partial charge on any atom is 0.149 e. The number of Topliss-reactive ketones (excluding diaryl/α,β-unsaturated/α-hetero) is 2. The van der Waals surface area contributed by atoms with Crippen molar-refractivity contribution in [1.82, 2.24) is 0 Å². The molecule has 4 heteroatoms. The Morgan fingerprint density at radius 3 is 2.36 bits per heavy atom. The van der Waals surface area contributed by atoms with Crippen molar-refractivity contribution >= 4 is 11.6 Å². The van der Waals surface area contributed by atoms with Crippen molar-refractivity contribution in [3.05, 3.63) is 42.0 Å². The molecule has 0 heterocycles. The monoisotopic (exact) mass is 304 g/mol. The normalized spacial score (nSPS) is 11.6. The number of carbonyl (C=O) groups is 2. The van der Waals surface area contributed by atoms with Gasteiger partial charge in [-0.1, -0.05) is 24.3 Å². The Morgan fingerprint density at radius 2 is 1.82 bits per heavy atom. The van der Waals surface area contributed by atoms with E-state index >= 15 is 0 Å². The summed E-state index contributed by atoms with van der Waals surface area (Å²) in [7, 11) is 1.63. The largest absolute Gasteiger partial charge is 0.497 e. The number of methoxy groups -OCH3 is 1. The molecule has 0 bridgehead atoms. The lowest BCUT2D eigenvalue weighted by Crippen LogP contribution is -2.23. The van der Waals surface area contributed by atoms with Crippen LogP contribution in [0.3, 0.4) is 0 Å². The second kappa shape index (κ2) is 8.49. The molecule has 1 rings (SSSR count). The molecular weight excluding hydrogens is 280 g/mol. The third-order valence-electron chi connectivity index (χ3n) is 3.30. The van der Waals surface area contributed by atoms with E-state index < -0.39 is 5.41 Å². The van der Waals surface area contributed by atoms with Gasteiger partial charge in [0.05, 0.1) is 26.7 Å². The summed E-state index contributed by atoms with van der Waals surface area (Å²) in [6.07, 6.45) is 3.60. The zero-order chi connectivity index (χ0) is 16.6. The number of ketones is 2. The Bertz CT molecular complexity index is 527. The van der Waals surface area contributed by atoms with Gasteiger partial charge in [-0.3, -0.25) is 9.59 Å². The maximum absolute atomic E-state index is 11.9. The van der Waals surface area contributed by atoms with Crippen molar-refractivity contribution in [1.29, 1.82) is 0 Å². The van der Waals surface area contributed by atoms with Crippen LogP contribution < -0.4 is 4.74 Å². The van der Waals surface area contributed by atoms with Gasteiger partial charge in [-0.25, -0.2) is 0 Å². The summed E-state index contributed by atoms with van der Waals surface area (Å²) in [4.78, 5) is 22.9. The van der Waals surface area contributed by atoms with Gasteiger partial charge in [-0.2, -0.15) is 0 Å². The zero-order valence-corrected chi connectivity index (χ0v) is 13.7. The minimum atomic E-state index is -0.644. The van der Waals surface area contributed by atoms with E-state index in [4.69, 9.17) is 9.47 Å². The standard InChI is InChI=1S/C18H24O4/c1-14(19)12-17(20)18(2,3)10-5-11-22-13-15-6-8-16(21-4)9-7-15/h5-10H,11-13H2,1-4H3/b10-5+. The Morgan fingerprint density at radius 1 is 1.18 bits per heavy atom. The van der Waals surface area contributed by atoms with Crippen LogP contribution in [-0.4, -0.2) is 25.3 Å². The number of allylic oxidation sites excluding steroid dienone is 1. The topological polar surface area (TPSA) is 52.6 Å². The van der Waals surface area contributed by atoms with Gasteiger partial charge in [0.2, 0.25) is 0 Å². The maximum atomic E-state index is 11.9. The molecule has 4 nitrogen and oxygen atoms in total. The highest BCUT2D eigenvalue weighted by Crippen LogP contribution is 2.20. The summed E-state index contributed by atoms with van der Waals surface area (Å²) >= 11 is 0. The predicted octanol–water partition coefficient (Wildman–Crippen LogP) is 3.34. The number of rotatable bonds is 9. The van der Waals surface area contributed by atoms with Gasteiger partial charge in [0, 0.05) is 5.41 Å². The summed E-state index contributed by atoms with van der Waals surface area (Å²) in [6, 6.07) is 7.67. The van der Waals surface area contributed by atoms with Crippen molar-refractivity contribution in [3.8, 4) is 5.75 Å². The van der Waals surface area contributed by atoms with E-state index in [1.54, 1.807) is 27.0 Å². The van der Waals surface area contributed by atoms with Crippen LogP contribution in [0.15, 0.2) is 36.4 Å². The fraction of sp³-hybridized carbons (Fsp3) is 0.444. The summed E-state index contributed by atoms with van der Waals surface area (Å²) in [5.74, 6) is 0.628. The van der Waals surface area contributed by atoms with Crippen LogP contribution >= 0.6 is 0 Å². The first kappa shape index (κ1) is 18.1. The average Bonchev–Trinajstić information content (AvgIpc) is 2.46. The highest BCUT2D eigenvalue weighted by Gasteiger charge is 2.24. The second-order valence-electron chi connectivity index (χ2n) is 5.79. The van der Waals surface area contributed by atoms with Gasteiger partial charge >= 0.3 is 0 Å². The van der Waals surface area contributed by atoms with Crippen LogP contribution in [0.5, 0.6) is 5.75 Å². The lowest BCUT2D eigenvalue weighted by Gasteiger charge is -2.17. The molecular formula is C18H24O4. The van der Waals surface area contributed by atoms with Gasteiger partial charge in [0.25, 0.3) is 0 Å². The number of ether oxygens (including phenoxy) is 2. The third-order valence-corrected chi connectivity index (χ3v) is 3.30. The highest BCUT2D eigenvalue weighted by molar-refractivity contribution is 6.01. The van der Waals surface area contributed by atoms with Crippen molar-refractivity contribution < 1.29 is 19.1 Å². The van der Waals surface area contributed by atoms with Gasteiger partial charge in [0.1, 0.15) is 17.3 Å². The zero-order valence-electron chi connectivity index (χ0n) is 13.7. The highest BCUT2D eigenvalue weighted by atomic mass is 16.5. The minimum Gasteiger partial charge on any atom is -0.497 e. The van der Waals surface area contributed by atoms with Crippen LogP contribution in [0.4, 0.5) is 0 Å². The van der Waals surface area contributed by atoms with Crippen molar-refractivity contribution in [2.75, 3.05) is 13.7 Å². The van der Waals surface area contributed by atoms with E-state index in [9.17, 15) is 9.59 Å². The van der Waals surface area contributed by atoms with Gasteiger partial charge in [0.15, 0.2) is 0 Å². The molecule has 1 aromatic rings. The lowest BCUT2D eigenvalue weighted by molar-refractivity contribution is -0.129. The molecule has 22 heavy (non-hydrogen) atoms. The lowest BCUT2D eigenvalue weighted by atomic mass is 9.85. The van der Waals surface area contributed by atoms with Crippen LogP contribution in [-0.2, 0) is 20.9 Å². The Hall–Kier alpha value is -1.94. The molecule has 0 aliphatic carbocycles. The van der Waals surface area contributed by atoms with Crippen LogP contribution in [0.25, 0.3) is 0 Å².